The monoisotopic (exact) mass is 223 g/mol. The summed E-state index contributed by atoms with van der Waals surface area (Å²) in [6.07, 6.45) is 0. The average molecular weight is 223 g/mol. The Bertz CT molecular complexity index is 300. The molecule has 0 N–H and O–H groups in total. The van der Waals surface area contributed by atoms with Crippen molar-refractivity contribution in [3.05, 3.63) is 15.6 Å². The van der Waals surface area contributed by atoms with Gasteiger partial charge in [0.2, 0.25) is 0 Å². The summed E-state index contributed by atoms with van der Waals surface area (Å²) in [5, 5.41) is 10.3. The molecule has 9 heteroatoms. The maximum atomic E-state index is 11.6. The van der Waals surface area contributed by atoms with Crippen molar-refractivity contribution >= 4 is 13.2 Å². The summed E-state index contributed by atoms with van der Waals surface area (Å²) in [4.78, 5) is 11.5. The summed E-state index contributed by atoms with van der Waals surface area (Å²) in [7, 11) is -4.08. The second-order valence-electron chi connectivity index (χ2n) is 1.99. The maximum absolute atomic E-state index is 11.6. The molecule has 0 fully saturated rings. The van der Waals surface area contributed by atoms with Crippen molar-refractivity contribution in [1.82, 2.24) is 0 Å². The summed E-state index contributed by atoms with van der Waals surface area (Å²) in [6.45, 7) is 2.87. The fourth-order valence-electron chi connectivity index (χ4n) is 0.684. The molecule has 0 heterocycles. The van der Waals surface area contributed by atoms with E-state index in [9.17, 15) is 14.7 Å². The third-order valence-corrected chi connectivity index (χ3v) is 3.03. The highest BCUT2D eigenvalue weighted by Gasteiger charge is 2.51. The number of nitrogens with zero attached hydrogens (tertiary/aromatic N) is 3. The molecule has 0 amide bonds. The molecule has 14 heavy (non-hydrogen) atoms. The topological polar surface area (TPSA) is 115 Å². The summed E-state index contributed by atoms with van der Waals surface area (Å²) in [5.74, 6) is 0. The van der Waals surface area contributed by atoms with Crippen LogP contribution in [-0.4, -0.2) is 28.5 Å². The van der Waals surface area contributed by atoms with Crippen molar-refractivity contribution in [2.75, 3.05) is 13.2 Å². The Morgan fingerprint density at radius 1 is 1.50 bits per heavy atom. The number of amidine groups is 1. The Morgan fingerprint density at radius 2 is 1.93 bits per heavy atom. The zero-order valence-electron chi connectivity index (χ0n) is 7.74. The van der Waals surface area contributed by atoms with Gasteiger partial charge in [-0.3, -0.25) is 19.2 Å². The minimum Gasteiger partial charge on any atom is -0.353 e. The van der Waals surface area contributed by atoms with Crippen LogP contribution in [0.4, 0.5) is 0 Å². The van der Waals surface area contributed by atoms with Gasteiger partial charge in [-0.2, -0.15) is 0 Å². The predicted octanol–water partition coefficient (Wildman–Crippen LogP) is 1.11. The van der Waals surface area contributed by atoms with Crippen molar-refractivity contribution in [2.45, 2.75) is 13.8 Å². The molecule has 0 aliphatic rings. The van der Waals surface area contributed by atoms with Crippen molar-refractivity contribution in [2.24, 2.45) is 0 Å². The Kier molecular flexibility index (Phi) is 5.19. The van der Waals surface area contributed by atoms with Gasteiger partial charge in [-0.05, 0) is 13.8 Å². The minimum atomic E-state index is -4.08. The minimum absolute atomic E-state index is 0.0515. The lowest BCUT2D eigenvalue weighted by atomic mass is 10.9. The van der Waals surface area contributed by atoms with Gasteiger partial charge < -0.3 is 5.53 Å². The van der Waals surface area contributed by atoms with Crippen LogP contribution in [0, 0.1) is 10.1 Å². The number of hydrogen-bond acceptors (Lipinski definition) is 5. The van der Waals surface area contributed by atoms with E-state index >= 15 is 0 Å². The molecule has 0 aliphatic carbocycles. The molecular formula is C5H10N3O5P. The number of hydrogen-bond donors (Lipinski definition) is 0. The molecular weight excluding hydrogens is 213 g/mol. The van der Waals surface area contributed by atoms with Gasteiger partial charge in [0.1, 0.15) is 0 Å². The quantitative estimate of drug-likeness (QED) is 0.132. The van der Waals surface area contributed by atoms with E-state index in [2.05, 4.69) is 13.8 Å². The molecule has 80 valence electrons. The van der Waals surface area contributed by atoms with Crippen LogP contribution in [-0.2, 0) is 13.6 Å². The zero-order valence-corrected chi connectivity index (χ0v) is 8.64. The second-order valence-corrected chi connectivity index (χ2v) is 3.90. The van der Waals surface area contributed by atoms with Crippen LogP contribution >= 0.6 is 7.60 Å². The summed E-state index contributed by atoms with van der Waals surface area (Å²) in [5.41, 5.74) is 7.09. The van der Waals surface area contributed by atoms with E-state index in [0.29, 0.717) is 0 Å². The van der Waals surface area contributed by atoms with Gasteiger partial charge in [0, 0.05) is 0 Å². The van der Waals surface area contributed by atoms with Crippen molar-refractivity contribution in [3.8, 4) is 0 Å². The highest BCUT2D eigenvalue weighted by Crippen LogP contribution is 2.48. The van der Waals surface area contributed by atoms with Gasteiger partial charge in [-0.15, -0.1) is 0 Å². The molecule has 0 unspecified atom stereocenters. The maximum Gasteiger partial charge on any atom is 0.686 e. The van der Waals surface area contributed by atoms with Crippen LogP contribution in [0.3, 0.4) is 0 Å². The van der Waals surface area contributed by atoms with Crippen LogP contribution < -0.4 is 0 Å². The zero-order chi connectivity index (χ0) is 11.2. The first-order chi connectivity index (χ1) is 6.51. The number of nitro groups is 1. The van der Waals surface area contributed by atoms with Gasteiger partial charge in [0.15, 0.2) is 4.92 Å². The van der Waals surface area contributed by atoms with E-state index in [1.165, 1.54) is 13.8 Å². The molecule has 8 nitrogen and oxygen atoms in total. The van der Waals surface area contributed by atoms with E-state index in [1.54, 1.807) is 0 Å². The van der Waals surface area contributed by atoms with Gasteiger partial charge in [0.25, 0.3) is 0 Å². The van der Waals surface area contributed by atoms with E-state index in [1.807, 2.05) is 0 Å². The summed E-state index contributed by atoms with van der Waals surface area (Å²) in [6, 6.07) is 0. The molecule has 0 bridgehead atoms. The van der Waals surface area contributed by atoms with Gasteiger partial charge in [-0.25, -0.2) is 4.57 Å². The fraction of sp³-hybridized carbons (Fsp3) is 0.800. The Balaban J connectivity index is 5.08. The van der Waals surface area contributed by atoms with E-state index in [4.69, 9.17) is 5.53 Å². The molecule has 0 aromatic carbocycles. The third-order valence-electron chi connectivity index (χ3n) is 1.10. The van der Waals surface area contributed by atoms with Crippen molar-refractivity contribution in [3.63, 3.8) is 0 Å². The normalized spacial score (nSPS) is 10.7. The molecule has 0 saturated carbocycles. The summed E-state index contributed by atoms with van der Waals surface area (Å²) >= 11 is 0. The van der Waals surface area contributed by atoms with E-state index < -0.39 is 18.1 Å². The van der Waals surface area contributed by atoms with Crippen LogP contribution in [0.5, 0.6) is 0 Å². The Hall–Kier alpha value is -1.07. The molecule has 0 aromatic heterocycles. The molecule has 0 aromatic rings. The van der Waals surface area contributed by atoms with Gasteiger partial charge in [-0.1, -0.05) is 4.79 Å². The molecule has 0 atom stereocenters. The molecule has 0 saturated heterocycles. The first-order valence-electron chi connectivity index (χ1n) is 3.78. The van der Waals surface area contributed by atoms with Crippen molar-refractivity contribution in [1.29, 1.82) is 0 Å². The molecule has 0 rings (SSSR count). The molecule has 0 aliphatic heterocycles. The third kappa shape index (κ3) is 3.01. The lowest BCUT2D eigenvalue weighted by molar-refractivity contribution is -0.378. The van der Waals surface area contributed by atoms with Crippen LogP contribution in [0.2, 0.25) is 0 Å². The van der Waals surface area contributed by atoms with Gasteiger partial charge in [0.05, 0.1) is 13.2 Å². The summed E-state index contributed by atoms with van der Waals surface area (Å²) < 4.78 is 20.8. The largest absolute Gasteiger partial charge is 0.686 e. The first kappa shape index (κ1) is 12.9. The van der Waals surface area contributed by atoms with Gasteiger partial charge >= 0.3 is 13.2 Å². The molecule has 0 spiro atoms. The first-order valence-corrected chi connectivity index (χ1v) is 5.32. The van der Waals surface area contributed by atoms with Crippen LogP contribution in [0.25, 0.3) is 5.53 Å². The highest BCUT2D eigenvalue weighted by molar-refractivity contribution is 7.71. The molecule has 0 radical (unpaired) electrons. The van der Waals surface area contributed by atoms with E-state index in [-0.39, 0.29) is 13.2 Å². The fourth-order valence-corrected chi connectivity index (χ4v) is 1.98. The van der Waals surface area contributed by atoms with E-state index in [0.717, 1.165) is 0 Å². The van der Waals surface area contributed by atoms with Crippen LogP contribution in [0.15, 0.2) is 0 Å². The highest BCUT2D eigenvalue weighted by atomic mass is 31.2. The SMILES string of the molecule is CCOP(=O)(OCC)C(=[N+]=[N-])[N+](=O)[O-]. The number of rotatable bonds is 5. The smallest absolute Gasteiger partial charge is 0.353 e. The average Bonchev–Trinajstić information content (AvgIpc) is 2.04. The standard InChI is InChI=1S/C5H10N3O5P/c1-3-12-14(11,13-4-2)5(7-6)8(9)10/h3-4H2,1-2H3. The lowest BCUT2D eigenvalue weighted by Gasteiger charge is -2.06. The van der Waals surface area contributed by atoms with Crippen LogP contribution in [0.1, 0.15) is 13.8 Å². The Morgan fingerprint density at radius 3 is 2.14 bits per heavy atom. The second kappa shape index (κ2) is 5.62. The predicted molar refractivity (Wildman–Crippen MR) is 46.5 cm³/mol. The lowest BCUT2D eigenvalue weighted by Crippen LogP contribution is -2.17. The Labute approximate surface area is 80.1 Å². The van der Waals surface area contributed by atoms with Crippen molar-refractivity contribution < 1.29 is 23.3 Å².